The van der Waals surface area contributed by atoms with Gasteiger partial charge in [-0.1, -0.05) is 50.0 Å². The molecule has 4 aliphatic carbocycles. The Labute approximate surface area is 219 Å². The van der Waals surface area contributed by atoms with E-state index in [4.69, 9.17) is 14.2 Å². The maximum atomic E-state index is 6.74. The molecule has 3 unspecified atom stereocenters. The third-order valence-electron chi connectivity index (χ3n) is 11.7. The highest BCUT2D eigenvalue weighted by atomic mass is 79.9. The zero-order valence-corrected chi connectivity index (χ0v) is 24.6. The minimum Gasteiger partial charge on any atom is -0.378 e. The maximum absolute atomic E-state index is 6.74. The standard InChI is InChI=1S/C30H53BrO3/c1-7-22-26-18-21(33-8-2)13-15-30(26,5)25-14-16-29(4)23(20(3)10-9-17-31)11-12-24(29)27(25)28(22)34-19-32-6/h20-28H,7-19H2,1-6H3/t20-,21-,22-,23-,24?,25?,26+,27?,28-,29-,30-/m1/s1. The molecule has 11 atom stereocenters. The number of fused-ring (bicyclic) bond motifs is 5. The van der Waals surface area contributed by atoms with Crippen LogP contribution in [0.3, 0.4) is 0 Å². The fraction of sp³-hybridized carbons (Fsp3) is 1.00. The van der Waals surface area contributed by atoms with E-state index in [1.165, 1.54) is 64.2 Å². The lowest BCUT2D eigenvalue weighted by Gasteiger charge is -2.65. The monoisotopic (exact) mass is 540 g/mol. The molecule has 198 valence electrons. The molecule has 0 radical (unpaired) electrons. The van der Waals surface area contributed by atoms with Crippen molar-refractivity contribution >= 4 is 15.9 Å². The Bertz CT molecular complexity index is 657. The average molecular weight is 542 g/mol. The van der Waals surface area contributed by atoms with Gasteiger partial charge in [0.15, 0.2) is 0 Å². The molecule has 0 heterocycles. The molecule has 4 aliphatic rings. The molecule has 0 N–H and O–H groups in total. The molecular weight excluding hydrogens is 488 g/mol. The summed E-state index contributed by atoms with van der Waals surface area (Å²) in [6, 6.07) is 0. The smallest absolute Gasteiger partial charge is 0.146 e. The van der Waals surface area contributed by atoms with Gasteiger partial charge in [0, 0.05) is 19.0 Å². The van der Waals surface area contributed by atoms with Crippen molar-refractivity contribution in [3.8, 4) is 0 Å². The van der Waals surface area contributed by atoms with E-state index in [1.807, 2.05) is 0 Å². The normalized spacial score (nSPS) is 47.0. The van der Waals surface area contributed by atoms with Crippen molar-refractivity contribution in [3.05, 3.63) is 0 Å². The van der Waals surface area contributed by atoms with Gasteiger partial charge in [0.25, 0.3) is 0 Å². The SMILES string of the molecule is CCO[C@@H]1CC[C@]2(C)C3CC[C@@]4(C)C(CC[C@@H]4[C@H](C)CCCBr)C3[C@H](OCOC)[C@H](CC)[C@@H]2C1. The van der Waals surface area contributed by atoms with Crippen LogP contribution in [0.15, 0.2) is 0 Å². The second kappa shape index (κ2) is 11.4. The molecule has 0 saturated heterocycles. The topological polar surface area (TPSA) is 27.7 Å². The highest BCUT2D eigenvalue weighted by Gasteiger charge is 2.65. The molecule has 4 rings (SSSR count). The van der Waals surface area contributed by atoms with E-state index < -0.39 is 0 Å². The quantitative estimate of drug-likeness (QED) is 0.207. The molecular formula is C30H53BrO3. The zero-order chi connectivity index (χ0) is 24.5. The van der Waals surface area contributed by atoms with Crippen LogP contribution in [0, 0.1) is 52.3 Å². The van der Waals surface area contributed by atoms with Gasteiger partial charge in [-0.05, 0) is 117 Å². The fourth-order valence-corrected chi connectivity index (χ4v) is 10.6. The van der Waals surface area contributed by atoms with E-state index in [1.54, 1.807) is 7.11 Å². The Kier molecular flexibility index (Phi) is 9.18. The summed E-state index contributed by atoms with van der Waals surface area (Å²) in [4.78, 5) is 0. The summed E-state index contributed by atoms with van der Waals surface area (Å²) in [5.41, 5.74) is 0.915. The third kappa shape index (κ3) is 4.69. The molecule has 34 heavy (non-hydrogen) atoms. The highest BCUT2D eigenvalue weighted by Crippen LogP contribution is 2.70. The van der Waals surface area contributed by atoms with Crippen LogP contribution in [0.25, 0.3) is 0 Å². The number of ether oxygens (including phenoxy) is 3. The first-order valence-electron chi connectivity index (χ1n) is 14.6. The van der Waals surface area contributed by atoms with Gasteiger partial charge in [0.1, 0.15) is 6.79 Å². The molecule has 0 bridgehead atoms. The zero-order valence-electron chi connectivity index (χ0n) is 23.0. The van der Waals surface area contributed by atoms with E-state index in [2.05, 4.69) is 50.5 Å². The summed E-state index contributed by atoms with van der Waals surface area (Å²) >= 11 is 3.68. The van der Waals surface area contributed by atoms with Gasteiger partial charge in [0.2, 0.25) is 0 Å². The van der Waals surface area contributed by atoms with Crippen LogP contribution >= 0.6 is 15.9 Å². The summed E-state index contributed by atoms with van der Waals surface area (Å²) < 4.78 is 18.5. The lowest BCUT2D eigenvalue weighted by Crippen LogP contribution is -2.62. The fourth-order valence-electron chi connectivity index (χ4n) is 10.2. The Morgan fingerprint density at radius 3 is 2.35 bits per heavy atom. The first-order chi connectivity index (χ1) is 16.4. The number of hydrogen-bond acceptors (Lipinski definition) is 3. The van der Waals surface area contributed by atoms with Gasteiger partial charge in [0.05, 0.1) is 12.2 Å². The van der Waals surface area contributed by atoms with Crippen LogP contribution in [-0.4, -0.2) is 38.0 Å². The predicted molar refractivity (Wildman–Crippen MR) is 144 cm³/mol. The Hall–Kier alpha value is 0.360. The van der Waals surface area contributed by atoms with E-state index >= 15 is 0 Å². The van der Waals surface area contributed by atoms with Crippen LogP contribution in [0.2, 0.25) is 0 Å². The first-order valence-corrected chi connectivity index (χ1v) is 15.8. The largest absolute Gasteiger partial charge is 0.378 e. The van der Waals surface area contributed by atoms with Crippen LogP contribution in [0.1, 0.15) is 98.8 Å². The van der Waals surface area contributed by atoms with Crippen LogP contribution in [0.4, 0.5) is 0 Å². The summed E-state index contributed by atoms with van der Waals surface area (Å²) in [7, 11) is 1.79. The maximum Gasteiger partial charge on any atom is 0.146 e. The van der Waals surface area contributed by atoms with Crippen molar-refractivity contribution in [1.29, 1.82) is 0 Å². The van der Waals surface area contributed by atoms with Crippen molar-refractivity contribution in [2.45, 2.75) is 111 Å². The molecule has 0 spiro atoms. The van der Waals surface area contributed by atoms with Gasteiger partial charge in [-0.25, -0.2) is 0 Å². The molecule has 3 nitrogen and oxygen atoms in total. The summed E-state index contributed by atoms with van der Waals surface area (Å²) in [6.45, 7) is 13.8. The van der Waals surface area contributed by atoms with Gasteiger partial charge in [-0.15, -0.1) is 0 Å². The third-order valence-corrected chi connectivity index (χ3v) is 12.2. The lowest BCUT2D eigenvalue weighted by molar-refractivity contribution is -0.236. The summed E-state index contributed by atoms with van der Waals surface area (Å²) in [5.74, 6) is 5.33. The van der Waals surface area contributed by atoms with Crippen molar-refractivity contribution in [2.75, 3.05) is 25.8 Å². The predicted octanol–water partition coefficient (Wildman–Crippen LogP) is 8.10. The van der Waals surface area contributed by atoms with Gasteiger partial charge in [-0.2, -0.15) is 0 Å². The van der Waals surface area contributed by atoms with E-state index in [-0.39, 0.29) is 0 Å². The highest BCUT2D eigenvalue weighted by molar-refractivity contribution is 9.09. The number of alkyl halides is 1. The molecule has 4 heteroatoms. The van der Waals surface area contributed by atoms with E-state index in [0.29, 0.717) is 47.6 Å². The van der Waals surface area contributed by atoms with Crippen LogP contribution in [-0.2, 0) is 14.2 Å². The van der Waals surface area contributed by atoms with Gasteiger partial charge in [-0.3, -0.25) is 0 Å². The molecule has 4 saturated carbocycles. The van der Waals surface area contributed by atoms with Crippen LogP contribution < -0.4 is 0 Å². The molecule has 0 aliphatic heterocycles. The number of rotatable bonds is 10. The second-order valence-corrected chi connectivity index (χ2v) is 13.7. The molecule has 4 fully saturated rings. The van der Waals surface area contributed by atoms with Crippen molar-refractivity contribution in [3.63, 3.8) is 0 Å². The minimum atomic E-state index is 0.342. The van der Waals surface area contributed by atoms with Crippen molar-refractivity contribution in [1.82, 2.24) is 0 Å². The number of methoxy groups -OCH3 is 1. The Morgan fingerprint density at radius 1 is 0.941 bits per heavy atom. The first kappa shape index (κ1) is 27.4. The number of hydrogen-bond donors (Lipinski definition) is 0. The Balaban J connectivity index is 1.66. The van der Waals surface area contributed by atoms with Crippen molar-refractivity contribution in [2.24, 2.45) is 52.3 Å². The van der Waals surface area contributed by atoms with E-state index in [0.717, 1.165) is 35.6 Å². The molecule has 0 aromatic carbocycles. The van der Waals surface area contributed by atoms with Crippen molar-refractivity contribution < 1.29 is 14.2 Å². The minimum absolute atomic E-state index is 0.342. The molecule has 0 aromatic rings. The van der Waals surface area contributed by atoms with E-state index in [9.17, 15) is 0 Å². The Morgan fingerprint density at radius 2 is 1.68 bits per heavy atom. The van der Waals surface area contributed by atoms with Gasteiger partial charge < -0.3 is 14.2 Å². The molecule has 0 aromatic heterocycles. The second-order valence-electron chi connectivity index (χ2n) is 12.9. The van der Waals surface area contributed by atoms with Crippen LogP contribution in [0.5, 0.6) is 0 Å². The lowest BCUT2D eigenvalue weighted by atomic mass is 9.41. The van der Waals surface area contributed by atoms with Gasteiger partial charge >= 0.3 is 0 Å². The molecule has 0 amide bonds. The average Bonchev–Trinajstić information content (AvgIpc) is 3.18. The summed E-state index contributed by atoms with van der Waals surface area (Å²) in [5, 5.41) is 1.14. The summed E-state index contributed by atoms with van der Waals surface area (Å²) in [6.07, 6.45) is 14.1. The number of halogens is 1.